The van der Waals surface area contributed by atoms with Crippen LogP contribution in [0.1, 0.15) is 34.1 Å². The average Bonchev–Trinajstić information content (AvgIpc) is 2.58. The van der Waals surface area contributed by atoms with E-state index in [4.69, 9.17) is 9.47 Å². The van der Waals surface area contributed by atoms with E-state index in [0.29, 0.717) is 5.57 Å². The molecule has 0 saturated carbocycles. The second kappa shape index (κ2) is 8.08. The molecule has 0 aromatic heterocycles. The van der Waals surface area contributed by atoms with Crippen LogP contribution in [0.3, 0.4) is 0 Å². The van der Waals surface area contributed by atoms with Gasteiger partial charge < -0.3 is 35.0 Å². The molecule has 1 aliphatic carbocycles. The molecule has 7 atom stereocenters. The maximum absolute atomic E-state index is 11.8. The summed E-state index contributed by atoms with van der Waals surface area (Å²) >= 11 is 0. The number of aliphatic hydroxyl groups excluding tert-OH is 4. The van der Waals surface area contributed by atoms with Crippen molar-refractivity contribution < 1.29 is 39.8 Å². The summed E-state index contributed by atoms with van der Waals surface area (Å²) in [5.41, 5.74) is -1.52. The van der Waals surface area contributed by atoms with Crippen molar-refractivity contribution in [2.75, 3.05) is 6.61 Å². The summed E-state index contributed by atoms with van der Waals surface area (Å²) in [4.78, 5) is 11.8. The van der Waals surface area contributed by atoms with Gasteiger partial charge in [0.15, 0.2) is 12.1 Å². The summed E-state index contributed by atoms with van der Waals surface area (Å²) in [5.74, 6) is -0.0406. The van der Waals surface area contributed by atoms with Crippen LogP contribution in [-0.4, -0.2) is 80.3 Å². The minimum atomic E-state index is -1.52. The lowest BCUT2D eigenvalue weighted by Crippen LogP contribution is -2.59. The van der Waals surface area contributed by atoms with Crippen molar-refractivity contribution >= 4 is 5.78 Å². The van der Waals surface area contributed by atoms with Crippen molar-refractivity contribution in [2.24, 2.45) is 5.41 Å². The zero-order valence-corrected chi connectivity index (χ0v) is 16.1. The van der Waals surface area contributed by atoms with Crippen LogP contribution in [0.4, 0.5) is 0 Å². The summed E-state index contributed by atoms with van der Waals surface area (Å²) in [7, 11) is 0. The number of aliphatic hydroxyl groups is 5. The van der Waals surface area contributed by atoms with Crippen molar-refractivity contribution in [3.8, 4) is 0 Å². The maximum Gasteiger partial charge on any atom is 0.187 e. The van der Waals surface area contributed by atoms with E-state index < -0.39 is 54.4 Å². The number of ether oxygens (including phenoxy) is 2. The predicted molar refractivity (Wildman–Crippen MR) is 95.6 cm³/mol. The van der Waals surface area contributed by atoms with Crippen molar-refractivity contribution in [2.45, 2.75) is 76.5 Å². The molecule has 154 valence electrons. The van der Waals surface area contributed by atoms with E-state index in [0.717, 1.165) is 0 Å². The Labute approximate surface area is 158 Å². The highest BCUT2D eigenvalue weighted by Gasteiger charge is 2.47. The standard InChI is InChI=1S/C19H30O8/c1-10-7-12(21)8-18(3,4)19(10,25)6-5-11(2)26-17-16(24)15(23)14(22)13(9-20)27-17/h5-7,11,13-17,20,22-25H,8-9H2,1-4H3/b6-5+/t11-,13-,14-,15+,16-,17+,19+/m0/s1. The van der Waals surface area contributed by atoms with Gasteiger partial charge in [0.2, 0.25) is 0 Å². The van der Waals surface area contributed by atoms with E-state index in [1.807, 2.05) is 0 Å². The van der Waals surface area contributed by atoms with Gasteiger partial charge in [0.05, 0.1) is 12.7 Å². The molecule has 0 bridgehead atoms. The maximum atomic E-state index is 11.8. The first-order valence-electron chi connectivity index (χ1n) is 9.02. The van der Waals surface area contributed by atoms with Gasteiger partial charge in [-0.15, -0.1) is 0 Å². The normalized spacial score (nSPS) is 40.9. The van der Waals surface area contributed by atoms with Crippen molar-refractivity contribution in [1.29, 1.82) is 0 Å². The minimum Gasteiger partial charge on any atom is -0.394 e. The Morgan fingerprint density at radius 3 is 2.48 bits per heavy atom. The van der Waals surface area contributed by atoms with Gasteiger partial charge in [-0.1, -0.05) is 19.9 Å². The number of hydrogen-bond donors (Lipinski definition) is 5. The van der Waals surface area contributed by atoms with Gasteiger partial charge in [-0.3, -0.25) is 4.79 Å². The second-order valence-electron chi connectivity index (χ2n) is 8.02. The summed E-state index contributed by atoms with van der Waals surface area (Å²) in [6.45, 7) is 6.40. The van der Waals surface area contributed by atoms with E-state index in [-0.39, 0.29) is 12.2 Å². The van der Waals surface area contributed by atoms with Crippen LogP contribution in [0.5, 0.6) is 0 Å². The number of carbonyl (C=O) groups excluding carboxylic acids is 1. The molecule has 2 rings (SSSR count). The Balaban J connectivity index is 2.11. The minimum absolute atomic E-state index is 0.0406. The van der Waals surface area contributed by atoms with Gasteiger partial charge in [-0.05, 0) is 31.6 Å². The van der Waals surface area contributed by atoms with Crippen LogP contribution in [0.25, 0.3) is 0 Å². The Bertz CT molecular complexity index is 611. The molecule has 5 N–H and O–H groups in total. The van der Waals surface area contributed by atoms with E-state index >= 15 is 0 Å². The molecule has 0 aromatic carbocycles. The van der Waals surface area contributed by atoms with E-state index in [1.54, 1.807) is 39.8 Å². The molecule has 0 spiro atoms. The van der Waals surface area contributed by atoms with Gasteiger partial charge in [0, 0.05) is 11.8 Å². The highest BCUT2D eigenvalue weighted by molar-refractivity contribution is 5.92. The lowest BCUT2D eigenvalue weighted by molar-refractivity contribution is -0.306. The summed E-state index contributed by atoms with van der Waals surface area (Å²) in [5, 5.41) is 50.0. The molecular weight excluding hydrogens is 356 g/mol. The van der Waals surface area contributed by atoms with Gasteiger partial charge in [-0.2, -0.15) is 0 Å². The van der Waals surface area contributed by atoms with E-state index in [2.05, 4.69) is 0 Å². The Morgan fingerprint density at radius 1 is 1.30 bits per heavy atom. The van der Waals surface area contributed by atoms with Crippen molar-refractivity contribution in [1.82, 2.24) is 0 Å². The molecular formula is C19H30O8. The monoisotopic (exact) mass is 386 g/mol. The molecule has 1 heterocycles. The second-order valence-corrected chi connectivity index (χ2v) is 8.02. The number of ketones is 1. The van der Waals surface area contributed by atoms with Gasteiger partial charge in [0.25, 0.3) is 0 Å². The van der Waals surface area contributed by atoms with Gasteiger partial charge in [-0.25, -0.2) is 0 Å². The van der Waals surface area contributed by atoms with Crippen LogP contribution in [0, 0.1) is 5.41 Å². The van der Waals surface area contributed by atoms with Gasteiger partial charge >= 0.3 is 0 Å². The quantitative estimate of drug-likeness (QED) is 0.396. The molecule has 8 nitrogen and oxygen atoms in total. The summed E-state index contributed by atoms with van der Waals surface area (Å²) < 4.78 is 10.9. The van der Waals surface area contributed by atoms with Crippen LogP contribution in [0.15, 0.2) is 23.8 Å². The molecule has 2 aliphatic rings. The van der Waals surface area contributed by atoms with Crippen molar-refractivity contribution in [3.05, 3.63) is 23.8 Å². The smallest absolute Gasteiger partial charge is 0.187 e. The van der Waals surface area contributed by atoms with Crippen LogP contribution >= 0.6 is 0 Å². The fraction of sp³-hybridized carbons (Fsp3) is 0.737. The molecule has 8 heteroatoms. The highest BCUT2D eigenvalue weighted by atomic mass is 16.7. The third-order valence-corrected chi connectivity index (χ3v) is 5.43. The molecule has 1 saturated heterocycles. The Morgan fingerprint density at radius 2 is 1.93 bits per heavy atom. The Kier molecular flexibility index (Phi) is 6.63. The van der Waals surface area contributed by atoms with E-state index in [1.165, 1.54) is 6.08 Å². The number of rotatable bonds is 5. The molecule has 27 heavy (non-hydrogen) atoms. The summed E-state index contributed by atoms with van der Waals surface area (Å²) in [6, 6.07) is 0. The highest BCUT2D eigenvalue weighted by Crippen LogP contribution is 2.44. The molecule has 0 unspecified atom stereocenters. The average molecular weight is 386 g/mol. The third kappa shape index (κ3) is 4.32. The zero-order chi connectivity index (χ0) is 20.6. The van der Waals surface area contributed by atoms with E-state index in [9.17, 15) is 30.3 Å². The first-order valence-corrected chi connectivity index (χ1v) is 9.02. The third-order valence-electron chi connectivity index (χ3n) is 5.43. The molecule has 1 fully saturated rings. The molecule has 1 aliphatic heterocycles. The predicted octanol–water partition coefficient (Wildman–Crippen LogP) is -0.576. The SMILES string of the molecule is CC1=CC(=O)CC(C)(C)[C@@]1(O)/C=C/[C@H](C)O[C@@H]1O[C@@H](CO)[C@H](O)[C@@H](O)[C@@H]1O. The lowest BCUT2D eigenvalue weighted by Gasteiger charge is -2.44. The first-order chi connectivity index (χ1) is 12.4. The molecule has 0 aromatic rings. The molecule has 0 amide bonds. The van der Waals surface area contributed by atoms with Crippen LogP contribution < -0.4 is 0 Å². The van der Waals surface area contributed by atoms with Crippen molar-refractivity contribution in [3.63, 3.8) is 0 Å². The first kappa shape index (κ1) is 22.2. The lowest BCUT2D eigenvalue weighted by atomic mass is 9.64. The molecule has 0 radical (unpaired) electrons. The Hall–Kier alpha value is -1.13. The summed E-state index contributed by atoms with van der Waals surface area (Å²) in [6.07, 6.45) is -2.64. The largest absolute Gasteiger partial charge is 0.394 e. The topological polar surface area (TPSA) is 137 Å². The number of carbonyl (C=O) groups is 1. The number of hydrogen-bond acceptors (Lipinski definition) is 8. The van der Waals surface area contributed by atoms with Crippen LogP contribution in [-0.2, 0) is 14.3 Å². The number of allylic oxidation sites excluding steroid dienone is 1. The van der Waals surface area contributed by atoms with Crippen LogP contribution in [0.2, 0.25) is 0 Å². The fourth-order valence-corrected chi connectivity index (χ4v) is 3.58. The zero-order valence-electron chi connectivity index (χ0n) is 16.1. The van der Waals surface area contributed by atoms with Gasteiger partial charge in [0.1, 0.15) is 30.0 Å². The fourth-order valence-electron chi connectivity index (χ4n) is 3.58.